The fourth-order valence-corrected chi connectivity index (χ4v) is 4.24. The normalized spacial score (nSPS) is 18.1. The zero-order chi connectivity index (χ0) is 13.0. The van der Waals surface area contributed by atoms with Crippen molar-refractivity contribution in [1.82, 2.24) is 5.32 Å². The van der Waals surface area contributed by atoms with Crippen LogP contribution in [-0.2, 0) is 6.54 Å². The summed E-state index contributed by atoms with van der Waals surface area (Å²) in [5.41, 5.74) is 0.400. The number of rotatable bonds is 6. The molecular formula is C13H19NO2S2. The lowest BCUT2D eigenvalue weighted by Gasteiger charge is -2.26. The Morgan fingerprint density at radius 1 is 1.56 bits per heavy atom. The van der Waals surface area contributed by atoms with E-state index in [1.54, 1.807) is 11.4 Å². The first-order chi connectivity index (χ1) is 8.65. The van der Waals surface area contributed by atoms with Crippen LogP contribution in [0.5, 0.6) is 0 Å². The minimum absolute atomic E-state index is 0.400. The van der Waals surface area contributed by atoms with Crippen molar-refractivity contribution in [1.29, 1.82) is 0 Å². The molecule has 0 radical (unpaired) electrons. The second-order valence-corrected chi connectivity index (χ2v) is 7.07. The Morgan fingerprint density at radius 3 is 2.83 bits per heavy atom. The van der Waals surface area contributed by atoms with E-state index in [0.29, 0.717) is 10.3 Å². The van der Waals surface area contributed by atoms with E-state index in [2.05, 4.69) is 11.6 Å². The topological polar surface area (TPSA) is 49.3 Å². The van der Waals surface area contributed by atoms with Gasteiger partial charge in [-0.05, 0) is 25.2 Å². The molecule has 0 saturated heterocycles. The van der Waals surface area contributed by atoms with Crippen molar-refractivity contribution in [2.75, 3.05) is 12.8 Å². The Kier molecular flexibility index (Phi) is 4.70. The molecule has 1 fully saturated rings. The lowest BCUT2D eigenvalue weighted by molar-refractivity contribution is 0.0697. The Balaban J connectivity index is 1.82. The lowest BCUT2D eigenvalue weighted by Crippen LogP contribution is -2.34. The predicted octanol–water partition coefficient (Wildman–Crippen LogP) is 3.21. The summed E-state index contributed by atoms with van der Waals surface area (Å²) in [5, 5.41) is 14.1. The van der Waals surface area contributed by atoms with Crippen LogP contribution in [0, 0.1) is 0 Å². The molecule has 0 bridgehead atoms. The maximum absolute atomic E-state index is 10.8. The van der Waals surface area contributed by atoms with Gasteiger partial charge in [0.1, 0.15) is 0 Å². The van der Waals surface area contributed by atoms with Crippen molar-refractivity contribution in [3.05, 3.63) is 21.9 Å². The van der Waals surface area contributed by atoms with Gasteiger partial charge in [0.05, 0.1) is 5.56 Å². The average molecular weight is 285 g/mol. The number of thioether (sulfide) groups is 1. The van der Waals surface area contributed by atoms with Crippen molar-refractivity contribution in [2.45, 2.75) is 37.0 Å². The highest BCUT2D eigenvalue weighted by Gasteiger charge is 2.32. The molecule has 2 N–H and O–H groups in total. The van der Waals surface area contributed by atoms with Gasteiger partial charge in [-0.15, -0.1) is 11.3 Å². The summed E-state index contributed by atoms with van der Waals surface area (Å²) in [7, 11) is 0. The highest BCUT2D eigenvalue weighted by Crippen LogP contribution is 2.39. The SMILES string of the molecule is CSC1(CNCc2cc(C(=O)O)cs2)CCCC1. The monoisotopic (exact) mass is 285 g/mol. The van der Waals surface area contributed by atoms with E-state index in [9.17, 15) is 4.79 Å². The molecule has 1 saturated carbocycles. The first-order valence-corrected chi connectivity index (χ1v) is 8.32. The fourth-order valence-electron chi connectivity index (χ4n) is 2.47. The molecule has 1 aromatic rings. The molecule has 1 aliphatic rings. The summed E-state index contributed by atoms with van der Waals surface area (Å²) in [4.78, 5) is 11.9. The van der Waals surface area contributed by atoms with E-state index in [4.69, 9.17) is 5.11 Å². The van der Waals surface area contributed by atoms with Crippen LogP contribution in [0.2, 0.25) is 0 Å². The molecule has 5 heteroatoms. The Bertz CT molecular complexity index is 411. The van der Waals surface area contributed by atoms with Crippen LogP contribution in [0.4, 0.5) is 0 Å². The average Bonchev–Trinajstić information content (AvgIpc) is 2.98. The minimum Gasteiger partial charge on any atom is -0.478 e. The molecule has 1 heterocycles. The van der Waals surface area contributed by atoms with Gasteiger partial charge in [-0.1, -0.05) is 12.8 Å². The number of carbonyl (C=O) groups is 1. The molecule has 0 aliphatic heterocycles. The predicted molar refractivity (Wildman–Crippen MR) is 77.7 cm³/mol. The maximum Gasteiger partial charge on any atom is 0.336 e. The Morgan fingerprint density at radius 2 is 2.28 bits per heavy atom. The fraction of sp³-hybridized carbons (Fsp3) is 0.615. The van der Waals surface area contributed by atoms with Gasteiger partial charge in [0.25, 0.3) is 0 Å². The van der Waals surface area contributed by atoms with Crippen molar-refractivity contribution < 1.29 is 9.90 Å². The Hall–Kier alpha value is -0.520. The number of nitrogens with one attached hydrogen (secondary N) is 1. The van der Waals surface area contributed by atoms with E-state index in [-0.39, 0.29) is 0 Å². The molecule has 2 rings (SSSR count). The van der Waals surface area contributed by atoms with Crippen molar-refractivity contribution in [3.8, 4) is 0 Å². The molecule has 0 aromatic carbocycles. The minimum atomic E-state index is -0.839. The van der Waals surface area contributed by atoms with Gasteiger partial charge >= 0.3 is 5.97 Å². The third-order valence-electron chi connectivity index (χ3n) is 3.59. The van der Waals surface area contributed by atoms with Crippen molar-refractivity contribution in [3.63, 3.8) is 0 Å². The van der Waals surface area contributed by atoms with Crippen LogP contribution in [0.15, 0.2) is 11.4 Å². The summed E-state index contributed by atoms with van der Waals surface area (Å²) in [5.74, 6) is -0.839. The van der Waals surface area contributed by atoms with E-state index in [0.717, 1.165) is 18.0 Å². The van der Waals surface area contributed by atoms with Gasteiger partial charge in [0, 0.05) is 28.1 Å². The molecule has 1 aromatic heterocycles. The first kappa shape index (κ1) is 13.9. The van der Waals surface area contributed by atoms with E-state index in [1.165, 1.54) is 37.0 Å². The van der Waals surface area contributed by atoms with Crippen LogP contribution in [0.3, 0.4) is 0 Å². The Labute approximate surface area is 116 Å². The molecule has 0 atom stereocenters. The second kappa shape index (κ2) is 6.08. The summed E-state index contributed by atoms with van der Waals surface area (Å²) < 4.78 is 0.410. The van der Waals surface area contributed by atoms with Crippen molar-refractivity contribution >= 4 is 29.1 Å². The molecule has 0 spiro atoms. The van der Waals surface area contributed by atoms with Gasteiger partial charge in [-0.25, -0.2) is 4.79 Å². The molecule has 0 unspecified atom stereocenters. The maximum atomic E-state index is 10.8. The third kappa shape index (κ3) is 3.28. The number of aromatic carboxylic acids is 1. The lowest BCUT2D eigenvalue weighted by atomic mass is 10.1. The number of carboxylic acid groups (broad SMARTS) is 1. The molecule has 3 nitrogen and oxygen atoms in total. The number of thiophene rings is 1. The standard InChI is InChI=1S/C13H19NO2S2/c1-17-13(4-2-3-5-13)9-14-7-11-6-10(8-18-11)12(15)16/h6,8,14H,2-5,7,9H2,1H3,(H,15,16). The number of hydrogen-bond donors (Lipinski definition) is 2. The smallest absolute Gasteiger partial charge is 0.336 e. The van der Waals surface area contributed by atoms with Crippen LogP contribution in [0.25, 0.3) is 0 Å². The third-order valence-corrected chi connectivity index (χ3v) is 5.95. The molecular weight excluding hydrogens is 266 g/mol. The van der Waals surface area contributed by atoms with Crippen LogP contribution in [0.1, 0.15) is 40.9 Å². The summed E-state index contributed by atoms with van der Waals surface area (Å²) >= 11 is 3.49. The van der Waals surface area contributed by atoms with Gasteiger partial charge in [-0.3, -0.25) is 0 Å². The van der Waals surface area contributed by atoms with E-state index < -0.39 is 5.97 Å². The van der Waals surface area contributed by atoms with Crippen molar-refractivity contribution in [2.24, 2.45) is 0 Å². The number of hydrogen-bond acceptors (Lipinski definition) is 4. The second-order valence-electron chi connectivity index (χ2n) is 4.80. The number of carboxylic acids is 1. The summed E-state index contributed by atoms with van der Waals surface area (Å²) in [6, 6.07) is 1.76. The van der Waals surface area contributed by atoms with Gasteiger partial charge in [-0.2, -0.15) is 11.8 Å². The molecule has 18 heavy (non-hydrogen) atoms. The highest BCUT2D eigenvalue weighted by atomic mass is 32.2. The van der Waals surface area contributed by atoms with Gasteiger partial charge in [0.2, 0.25) is 0 Å². The van der Waals surface area contributed by atoms with Crippen LogP contribution < -0.4 is 5.32 Å². The highest BCUT2D eigenvalue weighted by molar-refractivity contribution is 8.00. The summed E-state index contributed by atoms with van der Waals surface area (Å²) in [6.07, 6.45) is 7.47. The summed E-state index contributed by atoms with van der Waals surface area (Å²) in [6.45, 7) is 1.80. The van der Waals surface area contributed by atoms with Crippen LogP contribution in [-0.4, -0.2) is 28.6 Å². The first-order valence-electron chi connectivity index (χ1n) is 6.22. The zero-order valence-electron chi connectivity index (χ0n) is 10.6. The van der Waals surface area contributed by atoms with E-state index >= 15 is 0 Å². The molecule has 100 valence electrons. The molecule has 0 amide bonds. The quantitative estimate of drug-likeness (QED) is 0.842. The van der Waals surface area contributed by atoms with E-state index in [1.807, 2.05) is 11.8 Å². The largest absolute Gasteiger partial charge is 0.478 e. The zero-order valence-corrected chi connectivity index (χ0v) is 12.2. The van der Waals surface area contributed by atoms with Crippen LogP contribution >= 0.6 is 23.1 Å². The van der Waals surface area contributed by atoms with Gasteiger partial charge < -0.3 is 10.4 Å². The van der Waals surface area contributed by atoms with Gasteiger partial charge in [0.15, 0.2) is 0 Å². The molecule has 1 aliphatic carbocycles.